The Hall–Kier alpha value is -2.11. The zero-order valence-corrected chi connectivity index (χ0v) is 18.8. The van der Waals surface area contributed by atoms with Crippen LogP contribution in [0.1, 0.15) is 5.56 Å². The summed E-state index contributed by atoms with van der Waals surface area (Å²) in [5.74, 6) is 2.74. The number of benzene rings is 1. The Balaban J connectivity index is 1.68. The van der Waals surface area contributed by atoms with Crippen molar-refractivity contribution in [3.8, 4) is 0 Å². The van der Waals surface area contributed by atoms with E-state index in [-0.39, 0.29) is 6.61 Å². The monoisotopic (exact) mass is 481 g/mol. The molecule has 1 fully saturated rings. The summed E-state index contributed by atoms with van der Waals surface area (Å²) in [5.41, 5.74) is 2.10. The van der Waals surface area contributed by atoms with Crippen LogP contribution in [-0.4, -0.2) is 67.3 Å². The highest BCUT2D eigenvalue weighted by Gasteiger charge is 2.24. The quantitative estimate of drug-likeness (QED) is 0.436. The van der Waals surface area contributed by atoms with Gasteiger partial charge >= 0.3 is 0 Å². The number of fused-ring (bicyclic) bond motifs is 1. The van der Waals surface area contributed by atoms with E-state index in [0.717, 1.165) is 5.56 Å². The van der Waals surface area contributed by atoms with Crippen molar-refractivity contribution >= 4 is 63.0 Å². The maximum Gasteiger partial charge on any atom is 0.225 e. The number of hydrogen-bond acceptors (Lipinski definition) is 9. The molecular weight excluding hydrogens is 461 g/mol. The molecule has 9 nitrogen and oxygen atoms in total. The Morgan fingerprint density at radius 1 is 1.06 bits per heavy atom. The van der Waals surface area contributed by atoms with Crippen molar-refractivity contribution in [1.82, 2.24) is 19.9 Å². The predicted molar refractivity (Wildman–Crippen MR) is 125 cm³/mol. The van der Waals surface area contributed by atoms with Gasteiger partial charge < -0.3 is 25.2 Å². The summed E-state index contributed by atoms with van der Waals surface area (Å²) in [4.78, 5) is 20.0. The third-order valence-corrected chi connectivity index (χ3v) is 6.79. The van der Waals surface area contributed by atoms with Crippen LogP contribution < -0.4 is 15.5 Å². The molecular formula is C19H21Cl2N7O2S. The molecule has 3 heterocycles. The van der Waals surface area contributed by atoms with E-state index in [0.29, 0.717) is 76.3 Å². The van der Waals surface area contributed by atoms with Crippen LogP contribution in [0.5, 0.6) is 0 Å². The second kappa shape index (κ2) is 10.0. The van der Waals surface area contributed by atoms with Gasteiger partial charge in [-0.15, -0.1) is 0 Å². The highest BCUT2D eigenvalue weighted by atomic mass is 35.5. The summed E-state index contributed by atoms with van der Waals surface area (Å²) in [6.45, 7) is 1.97. The molecule has 0 bridgehead atoms. The lowest BCUT2D eigenvalue weighted by Crippen LogP contribution is -2.41. The zero-order chi connectivity index (χ0) is 21.8. The molecule has 0 amide bonds. The molecule has 3 aromatic rings. The molecule has 4 rings (SSSR count). The predicted octanol–water partition coefficient (Wildman–Crippen LogP) is 2.31. The molecule has 0 spiro atoms. The normalized spacial score (nSPS) is 14.8. The summed E-state index contributed by atoms with van der Waals surface area (Å²) >= 11 is 11.3. The van der Waals surface area contributed by atoms with Gasteiger partial charge in [0.25, 0.3) is 0 Å². The first kappa shape index (κ1) is 22.1. The minimum absolute atomic E-state index is 0.0485. The second-order valence-electron chi connectivity index (χ2n) is 6.88. The van der Waals surface area contributed by atoms with E-state index in [4.69, 9.17) is 23.2 Å². The Morgan fingerprint density at radius 3 is 2.61 bits per heavy atom. The number of rotatable bonds is 7. The van der Waals surface area contributed by atoms with E-state index in [2.05, 4.69) is 35.5 Å². The van der Waals surface area contributed by atoms with Crippen LogP contribution in [-0.2, 0) is 17.7 Å². The molecule has 31 heavy (non-hydrogen) atoms. The Labute approximate surface area is 192 Å². The first-order chi connectivity index (χ1) is 15.0. The first-order valence-corrected chi connectivity index (χ1v) is 11.9. The molecule has 1 aliphatic heterocycles. The van der Waals surface area contributed by atoms with Gasteiger partial charge in [0.2, 0.25) is 5.95 Å². The number of halogens is 2. The van der Waals surface area contributed by atoms with E-state index < -0.39 is 11.2 Å². The zero-order valence-electron chi connectivity index (χ0n) is 16.5. The molecule has 0 saturated carbocycles. The number of hydrogen-bond donors (Lipinski definition) is 3. The van der Waals surface area contributed by atoms with Gasteiger partial charge in [-0.1, -0.05) is 40.4 Å². The van der Waals surface area contributed by atoms with Crippen molar-refractivity contribution in [3.05, 3.63) is 40.1 Å². The number of aliphatic hydroxyl groups is 1. The molecule has 12 heteroatoms. The Morgan fingerprint density at radius 2 is 1.87 bits per heavy atom. The maximum atomic E-state index is 11.8. The third kappa shape index (κ3) is 5.21. The fourth-order valence-corrected chi connectivity index (χ4v) is 4.59. The van der Waals surface area contributed by atoms with Crippen LogP contribution in [0.15, 0.2) is 24.5 Å². The minimum atomic E-state index is -0.810. The van der Waals surface area contributed by atoms with Gasteiger partial charge in [0.1, 0.15) is 28.9 Å². The molecule has 1 aliphatic rings. The van der Waals surface area contributed by atoms with Gasteiger partial charge in [0, 0.05) is 13.1 Å². The molecule has 2 aromatic heterocycles. The van der Waals surface area contributed by atoms with Gasteiger partial charge in [-0.2, -0.15) is 4.98 Å². The molecule has 3 N–H and O–H groups in total. The smallest absolute Gasteiger partial charge is 0.225 e. The fourth-order valence-electron chi connectivity index (χ4n) is 3.21. The highest BCUT2D eigenvalue weighted by molar-refractivity contribution is 7.91. The average Bonchev–Trinajstić information content (AvgIpc) is 2.78. The van der Waals surface area contributed by atoms with Crippen LogP contribution >= 0.6 is 23.2 Å². The average molecular weight is 482 g/mol. The molecule has 0 atom stereocenters. The molecule has 1 aromatic carbocycles. The molecule has 0 radical (unpaired) electrons. The number of aliphatic hydroxyl groups excluding tert-OH is 1. The Kier molecular flexibility index (Phi) is 7.13. The van der Waals surface area contributed by atoms with E-state index in [1.165, 1.54) is 6.33 Å². The summed E-state index contributed by atoms with van der Waals surface area (Å²) in [7, 11) is 0. The number of aromatic nitrogens is 4. The van der Waals surface area contributed by atoms with Gasteiger partial charge in [-0.05, 0) is 17.7 Å². The van der Waals surface area contributed by atoms with E-state index in [1.807, 2.05) is 6.07 Å². The first-order valence-electron chi connectivity index (χ1n) is 9.70. The summed E-state index contributed by atoms with van der Waals surface area (Å²) in [6, 6.07) is 5.42. The molecule has 0 unspecified atom stereocenters. The Bertz CT molecular complexity index is 1070. The van der Waals surface area contributed by atoms with Crippen LogP contribution in [0.4, 0.5) is 17.6 Å². The summed E-state index contributed by atoms with van der Waals surface area (Å²) in [5, 5.41) is 16.5. The van der Waals surface area contributed by atoms with Crippen LogP contribution in [0.3, 0.4) is 0 Å². The standard InChI is InChI=1S/C19H21Cl2N7O2S/c20-13-2-1-12(9-14(13)21)10-23-17-15-16(24-11-25-17)18(27-19(26-15)22-3-6-29)28-4-7-31(30)8-5-28/h1-2,9,11,29H,3-8,10H2,(H,22,26,27)(H,23,24,25). The van der Waals surface area contributed by atoms with Crippen molar-refractivity contribution in [2.24, 2.45) is 0 Å². The van der Waals surface area contributed by atoms with Gasteiger partial charge in [0.05, 0.1) is 29.7 Å². The highest BCUT2D eigenvalue weighted by Crippen LogP contribution is 2.29. The topological polar surface area (TPSA) is 122 Å². The second-order valence-corrected chi connectivity index (χ2v) is 9.39. The molecule has 164 valence electrons. The van der Waals surface area contributed by atoms with Crippen molar-refractivity contribution in [3.63, 3.8) is 0 Å². The van der Waals surface area contributed by atoms with Crippen molar-refractivity contribution in [2.75, 3.05) is 53.3 Å². The molecule has 0 aliphatic carbocycles. The van der Waals surface area contributed by atoms with Crippen LogP contribution in [0.2, 0.25) is 10.0 Å². The third-order valence-electron chi connectivity index (χ3n) is 4.78. The SMILES string of the molecule is [O-][S+]1CCN(c2nc(NCCO)nc3c(NCc4ccc(Cl)c(Cl)c4)ncnc23)CC1. The van der Waals surface area contributed by atoms with Gasteiger partial charge in [0.15, 0.2) is 11.6 Å². The van der Waals surface area contributed by atoms with Crippen molar-refractivity contribution < 1.29 is 9.66 Å². The maximum absolute atomic E-state index is 11.8. The minimum Gasteiger partial charge on any atom is -0.616 e. The summed E-state index contributed by atoms with van der Waals surface area (Å²) < 4.78 is 11.8. The van der Waals surface area contributed by atoms with E-state index in [1.54, 1.807) is 12.1 Å². The molecule has 1 saturated heterocycles. The van der Waals surface area contributed by atoms with Crippen LogP contribution in [0, 0.1) is 0 Å². The van der Waals surface area contributed by atoms with Crippen molar-refractivity contribution in [2.45, 2.75) is 6.54 Å². The number of anilines is 3. The van der Waals surface area contributed by atoms with E-state index >= 15 is 0 Å². The van der Waals surface area contributed by atoms with Crippen LogP contribution in [0.25, 0.3) is 11.0 Å². The largest absolute Gasteiger partial charge is 0.616 e. The number of nitrogens with zero attached hydrogens (tertiary/aromatic N) is 5. The number of nitrogens with one attached hydrogen (secondary N) is 2. The lowest BCUT2D eigenvalue weighted by Gasteiger charge is -2.29. The summed E-state index contributed by atoms with van der Waals surface area (Å²) in [6.07, 6.45) is 1.47. The fraction of sp³-hybridized carbons (Fsp3) is 0.368. The lowest BCUT2D eigenvalue weighted by molar-refractivity contribution is 0.311. The van der Waals surface area contributed by atoms with Gasteiger partial charge in [-0.3, -0.25) is 0 Å². The van der Waals surface area contributed by atoms with Crippen molar-refractivity contribution in [1.29, 1.82) is 0 Å². The van der Waals surface area contributed by atoms with E-state index in [9.17, 15) is 9.66 Å². The lowest BCUT2D eigenvalue weighted by atomic mass is 10.2. The van der Waals surface area contributed by atoms with Gasteiger partial charge in [-0.25, -0.2) is 15.0 Å².